The van der Waals surface area contributed by atoms with Gasteiger partial charge in [0.05, 0.1) is 34.6 Å². The molecule has 1 fully saturated rings. The van der Waals surface area contributed by atoms with E-state index in [0.29, 0.717) is 69.9 Å². The fraction of sp³-hybridized carbons (Fsp3) is 0.303. The Balaban J connectivity index is 1.36. The second kappa shape index (κ2) is 15.0. The van der Waals surface area contributed by atoms with Crippen molar-refractivity contribution < 1.29 is 19.0 Å². The number of carbonyl (C=O) groups is 1. The van der Waals surface area contributed by atoms with E-state index in [1.165, 1.54) is 6.20 Å². The molecule has 3 heterocycles. The average molecular weight is 654 g/mol. The number of carbonyl (C=O) groups excluding carboxylic acids is 1. The van der Waals surface area contributed by atoms with E-state index in [-0.39, 0.29) is 24.3 Å². The first kappa shape index (κ1) is 32.6. The van der Waals surface area contributed by atoms with E-state index in [1.54, 1.807) is 44.5 Å². The quantitative estimate of drug-likeness (QED) is 0.122. The van der Waals surface area contributed by atoms with E-state index in [2.05, 4.69) is 31.2 Å². The summed E-state index contributed by atoms with van der Waals surface area (Å²) in [5.74, 6) is 0.288. The van der Waals surface area contributed by atoms with Crippen LogP contribution in [0.5, 0.6) is 5.75 Å². The van der Waals surface area contributed by atoms with Gasteiger partial charge in [0.25, 0.3) is 0 Å². The Labute approximate surface area is 271 Å². The summed E-state index contributed by atoms with van der Waals surface area (Å²) in [4.78, 5) is 20.2. The molecule has 0 radical (unpaired) electrons. The molecule has 5 rings (SSSR count). The highest BCUT2D eigenvalue weighted by atomic mass is 35.5. The van der Waals surface area contributed by atoms with Gasteiger partial charge in [0, 0.05) is 78.9 Å². The highest BCUT2D eigenvalue weighted by Gasteiger charge is 2.21. The molecule has 1 aliphatic rings. The summed E-state index contributed by atoms with van der Waals surface area (Å²) in [5.41, 5.74) is 4.44. The lowest BCUT2D eigenvalue weighted by molar-refractivity contribution is -0.119. The van der Waals surface area contributed by atoms with Crippen molar-refractivity contribution in [3.63, 3.8) is 0 Å². The maximum atomic E-state index is 15.3. The molecule has 0 unspecified atom stereocenters. The minimum absolute atomic E-state index is 0.0292. The summed E-state index contributed by atoms with van der Waals surface area (Å²) < 4.78 is 20.9. The van der Waals surface area contributed by atoms with Crippen LogP contribution in [0.1, 0.15) is 30.9 Å². The number of aliphatic hydroxyl groups is 1. The van der Waals surface area contributed by atoms with Crippen LogP contribution in [0, 0.1) is 5.82 Å². The first-order chi connectivity index (χ1) is 21.7. The number of halogens is 3. The van der Waals surface area contributed by atoms with Gasteiger partial charge in [0.2, 0.25) is 5.91 Å². The Morgan fingerprint density at radius 2 is 1.82 bits per heavy atom. The Morgan fingerprint density at radius 1 is 1.04 bits per heavy atom. The van der Waals surface area contributed by atoms with Gasteiger partial charge in [0.15, 0.2) is 11.6 Å². The van der Waals surface area contributed by atoms with Crippen molar-refractivity contribution in [2.24, 2.45) is 0 Å². The standard InChI is InChI=1S/C33H35Cl2FN6O3/c1-19(43)15-37-17-22-10-12-40-33(31(22)36)42-26-5-3-4-24(29(26)34)25-11-13-39-32(30(25)35)20-6-7-21(27(14-20)45-2)16-38-18-23-8-9-28(44)41-23/h3-7,10-14,19,23,37-38,43H,8-9,15-18H2,1-2H3,(H,40,42)(H,41,44)/t19-,23+/m0/s1. The second-order valence-electron chi connectivity index (χ2n) is 10.9. The van der Waals surface area contributed by atoms with Crippen molar-refractivity contribution in [3.8, 4) is 28.1 Å². The topological polar surface area (TPSA) is 120 Å². The predicted molar refractivity (Wildman–Crippen MR) is 175 cm³/mol. The molecule has 1 saturated heterocycles. The van der Waals surface area contributed by atoms with Gasteiger partial charge in [-0.1, -0.05) is 47.5 Å². The molecule has 0 spiro atoms. The van der Waals surface area contributed by atoms with Crippen LogP contribution < -0.4 is 26.0 Å². The number of methoxy groups -OCH3 is 1. The Morgan fingerprint density at radius 3 is 2.58 bits per heavy atom. The van der Waals surface area contributed by atoms with Crippen LogP contribution in [0.25, 0.3) is 22.4 Å². The highest BCUT2D eigenvalue weighted by Crippen LogP contribution is 2.41. The van der Waals surface area contributed by atoms with E-state index in [0.717, 1.165) is 17.5 Å². The second-order valence-corrected chi connectivity index (χ2v) is 11.6. The molecule has 12 heteroatoms. The summed E-state index contributed by atoms with van der Waals surface area (Å²) >= 11 is 13.8. The van der Waals surface area contributed by atoms with E-state index >= 15 is 4.39 Å². The summed E-state index contributed by atoms with van der Waals surface area (Å²) in [5, 5.41) is 22.6. The van der Waals surface area contributed by atoms with Gasteiger partial charge in [0.1, 0.15) is 5.75 Å². The van der Waals surface area contributed by atoms with Crippen molar-refractivity contribution in [1.82, 2.24) is 25.9 Å². The molecule has 2 aromatic carbocycles. The van der Waals surface area contributed by atoms with Crippen LogP contribution in [-0.2, 0) is 17.9 Å². The van der Waals surface area contributed by atoms with Gasteiger partial charge in [-0.3, -0.25) is 9.78 Å². The van der Waals surface area contributed by atoms with Gasteiger partial charge in [-0.2, -0.15) is 0 Å². The summed E-state index contributed by atoms with van der Waals surface area (Å²) in [6.45, 7) is 3.48. The van der Waals surface area contributed by atoms with Crippen molar-refractivity contribution in [2.45, 2.75) is 45.0 Å². The minimum atomic E-state index is -0.544. The summed E-state index contributed by atoms with van der Waals surface area (Å²) in [7, 11) is 1.61. The number of aromatic nitrogens is 2. The van der Waals surface area contributed by atoms with Crippen molar-refractivity contribution in [1.29, 1.82) is 0 Å². The zero-order chi connectivity index (χ0) is 31.9. The molecule has 4 aromatic rings. The number of nitrogens with zero attached hydrogens (tertiary/aromatic N) is 2. The SMILES string of the molecule is COc1cc(-c2nccc(-c3cccc(Nc4nccc(CNC[C@H](C)O)c4F)c3Cl)c2Cl)ccc1CNC[C@H]1CCC(=O)N1. The number of nitrogens with one attached hydrogen (secondary N) is 4. The molecule has 1 amide bonds. The average Bonchev–Trinajstić information content (AvgIpc) is 3.45. The first-order valence-corrected chi connectivity index (χ1v) is 15.4. The smallest absolute Gasteiger partial charge is 0.220 e. The molecule has 2 aromatic heterocycles. The van der Waals surface area contributed by atoms with E-state index in [9.17, 15) is 9.90 Å². The summed E-state index contributed by atoms with van der Waals surface area (Å²) in [6.07, 6.45) is 4.03. The van der Waals surface area contributed by atoms with Gasteiger partial charge in [-0.15, -0.1) is 0 Å². The summed E-state index contributed by atoms with van der Waals surface area (Å²) in [6, 6.07) is 14.7. The third-order valence-corrected chi connectivity index (χ3v) is 8.30. The molecule has 1 aliphatic heterocycles. The lowest BCUT2D eigenvalue weighted by Crippen LogP contribution is -2.35. The number of hydrogen-bond donors (Lipinski definition) is 5. The molecule has 0 saturated carbocycles. The van der Waals surface area contributed by atoms with E-state index in [4.69, 9.17) is 27.9 Å². The number of amides is 1. The molecule has 0 bridgehead atoms. The van der Waals surface area contributed by atoms with Crippen LogP contribution in [-0.4, -0.2) is 53.3 Å². The fourth-order valence-corrected chi connectivity index (χ4v) is 5.79. The minimum Gasteiger partial charge on any atom is -0.496 e. The van der Waals surface area contributed by atoms with Gasteiger partial charge in [-0.25, -0.2) is 9.37 Å². The van der Waals surface area contributed by atoms with Crippen molar-refractivity contribution in [3.05, 3.63) is 87.9 Å². The van der Waals surface area contributed by atoms with Crippen LogP contribution >= 0.6 is 23.2 Å². The normalized spacial score (nSPS) is 15.2. The molecule has 5 N–H and O–H groups in total. The van der Waals surface area contributed by atoms with Gasteiger partial charge < -0.3 is 31.1 Å². The number of benzene rings is 2. The number of pyridine rings is 2. The molecule has 0 aliphatic carbocycles. The molecular weight excluding hydrogens is 618 g/mol. The Hall–Kier alpha value is -3.80. The lowest BCUT2D eigenvalue weighted by Gasteiger charge is -2.16. The van der Waals surface area contributed by atoms with Crippen LogP contribution in [0.3, 0.4) is 0 Å². The highest BCUT2D eigenvalue weighted by molar-refractivity contribution is 6.39. The Bertz CT molecular complexity index is 1670. The first-order valence-electron chi connectivity index (χ1n) is 14.6. The third-order valence-electron chi connectivity index (χ3n) is 7.51. The number of hydrogen-bond acceptors (Lipinski definition) is 8. The lowest BCUT2D eigenvalue weighted by atomic mass is 10.0. The maximum absolute atomic E-state index is 15.3. The van der Waals surface area contributed by atoms with E-state index in [1.807, 2.05) is 24.3 Å². The molecule has 236 valence electrons. The van der Waals surface area contributed by atoms with Crippen molar-refractivity contribution >= 4 is 40.6 Å². The van der Waals surface area contributed by atoms with E-state index < -0.39 is 11.9 Å². The Kier molecular flexibility index (Phi) is 10.9. The zero-order valence-electron chi connectivity index (χ0n) is 25.0. The number of ether oxygens (including phenoxy) is 1. The van der Waals surface area contributed by atoms with Gasteiger partial charge >= 0.3 is 0 Å². The predicted octanol–water partition coefficient (Wildman–Crippen LogP) is 5.85. The van der Waals surface area contributed by atoms with Crippen LogP contribution in [0.15, 0.2) is 60.9 Å². The largest absolute Gasteiger partial charge is 0.496 e. The number of rotatable bonds is 13. The molecule has 45 heavy (non-hydrogen) atoms. The number of aliphatic hydroxyl groups excluding tert-OH is 1. The molecular formula is C33H35Cl2FN6O3. The molecule has 2 atom stereocenters. The third kappa shape index (κ3) is 7.89. The fourth-order valence-electron chi connectivity index (χ4n) is 5.19. The monoisotopic (exact) mass is 652 g/mol. The van der Waals surface area contributed by atoms with Crippen molar-refractivity contribution in [2.75, 3.05) is 25.5 Å². The maximum Gasteiger partial charge on any atom is 0.220 e. The zero-order valence-corrected chi connectivity index (χ0v) is 26.5. The van der Waals surface area contributed by atoms with Crippen LogP contribution in [0.4, 0.5) is 15.9 Å². The van der Waals surface area contributed by atoms with Gasteiger partial charge in [-0.05, 0) is 37.6 Å². The van der Waals surface area contributed by atoms with Crippen LogP contribution in [0.2, 0.25) is 10.0 Å². The molecule has 9 nitrogen and oxygen atoms in total. The number of anilines is 2.